The van der Waals surface area contributed by atoms with E-state index in [1.54, 1.807) is 12.0 Å². The van der Waals surface area contributed by atoms with Crippen LogP contribution in [0.15, 0.2) is 12.1 Å². The van der Waals surface area contributed by atoms with Crippen LogP contribution in [0.4, 0.5) is 4.79 Å². The maximum Gasteiger partial charge on any atom is 0.410 e. The van der Waals surface area contributed by atoms with Crippen LogP contribution in [0, 0.1) is 12.8 Å². The molecule has 1 aromatic carbocycles. The molecule has 1 fully saturated rings. The van der Waals surface area contributed by atoms with Gasteiger partial charge in [0.15, 0.2) is 0 Å². The monoisotopic (exact) mass is 443 g/mol. The van der Waals surface area contributed by atoms with Crippen molar-refractivity contribution in [1.29, 1.82) is 0 Å². The molecule has 32 heavy (non-hydrogen) atoms. The zero-order chi connectivity index (χ0) is 23.5. The van der Waals surface area contributed by atoms with Gasteiger partial charge in [-0.15, -0.1) is 0 Å². The Kier molecular flexibility index (Phi) is 7.49. The Hall–Kier alpha value is -2.54. The second-order valence-corrected chi connectivity index (χ2v) is 9.86. The second kappa shape index (κ2) is 9.94. The average molecular weight is 444 g/mol. The number of methoxy groups -OCH3 is 1. The summed E-state index contributed by atoms with van der Waals surface area (Å²) in [5.74, 6) is 0.329. The first-order valence-corrected chi connectivity index (χ1v) is 11.4. The van der Waals surface area contributed by atoms with Gasteiger partial charge in [-0.25, -0.2) is 4.79 Å². The number of benzene rings is 1. The van der Waals surface area contributed by atoms with Crippen LogP contribution in [0.25, 0.3) is 12.3 Å². The minimum Gasteiger partial charge on any atom is -0.444 e. The van der Waals surface area contributed by atoms with Gasteiger partial charge in [-0.3, -0.25) is 4.79 Å². The van der Waals surface area contributed by atoms with Crippen molar-refractivity contribution in [2.24, 2.45) is 5.92 Å². The highest BCUT2D eigenvalue weighted by molar-refractivity contribution is 5.95. The molecule has 2 aliphatic heterocycles. The van der Waals surface area contributed by atoms with Crippen LogP contribution < -0.4 is 15.8 Å². The van der Waals surface area contributed by atoms with E-state index in [1.807, 2.05) is 39.8 Å². The summed E-state index contributed by atoms with van der Waals surface area (Å²) in [6.45, 7) is 13.2. The van der Waals surface area contributed by atoms with Crippen molar-refractivity contribution < 1.29 is 19.1 Å². The SMILES string of the molecule is COCCNC(=O)c1ccc2c(c1C)=CN(CC1CN(C(=O)OC(C)(C)C)C1)C(C)CC=2. The molecule has 7 nitrogen and oxygen atoms in total. The standard InChI is InChI=1S/C25H37N3O4/c1-17-7-8-20-9-10-21(23(29)26-11-12-31-6)18(2)22(20)16-27(17)13-19-14-28(15-19)24(30)32-25(3,4)5/h8-10,16-17,19H,7,11-15H2,1-6H3,(H,26,29). The third-order valence-corrected chi connectivity index (χ3v) is 6.00. The van der Waals surface area contributed by atoms with E-state index in [1.165, 1.54) is 0 Å². The van der Waals surface area contributed by atoms with Crippen molar-refractivity contribution in [3.05, 3.63) is 33.7 Å². The number of likely N-dealkylation sites (tertiary alicyclic amines) is 1. The molecule has 0 saturated carbocycles. The van der Waals surface area contributed by atoms with Crippen LogP contribution in [0.1, 0.15) is 50.0 Å². The van der Waals surface area contributed by atoms with Gasteiger partial charge in [0.2, 0.25) is 0 Å². The van der Waals surface area contributed by atoms with Gasteiger partial charge in [0.25, 0.3) is 5.91 Å². The fraction of sp³-hybridized carbons (Fsp3) is 0.600. The van der Waals surface area contributed by atoms with Crippen LogP contribution in [0.3, 0.4) is 0 Å². The van der Waals surface area contributed by atoms with Crippen molar-refractivity contribution in [2.45, 2.75) is 52.7 Å². The molecule has 7 heteroatoms. The smallest absolute Gasteiger partial charge is 0.410 e. The number of nitrogens with zero attached hydrogens (tertiary/aromatic N) is 2. The molecule has 2 aliphatic rings. The first-order valence-electron chi connectivity index (χ1n) is 11.4. The Bertz CT molecular complexity index is 961. The average Bonchev–Trinajstić information content (AvgIpc) is 2.83. The Balaban J connectivity index is 1.73. The normalized spacial score (nSPS) is 18.6. The third-order valence-electron chi connectivity index (χ3n) is 6.00. The minimum absolute atomic E-state index is 0.0772. The number of ether oxygens (including phenoxy) is 2. The summed E-state index contributed by atoms with van der Waals surface area (Å²) < 4.78 is 10.5. The van der Waals surface area contributed by atoms with Crippen LogP contribution in [-0.2, 0) is 9.47 Å². The van der Waals surface area contributed by atoms with Gasteiger partial charge < -0.3 is 24.6 Å². The highest BCUT2D eigenvalue weighted by Crippen LogP contribution is 2.22. The van der Waals surface area contributed by atoms with E-state index < -0.39 is 5.60 Å². The number of amides is 2. The molecule has 2 heterocycles. The maximum absolute atomic E-state index is 12.6. The summed E-state index contributed by atoms with van der Waals surface area (Å²) in [5, 5.41) is 5.17. The molecule has 1 atom stereocenters. The van der Waals surface area contributed by atoms with Crippen molar-refractivity contribution in [1.82, 2.24) is 15.1 Å². The van der Waals surface area contributed by atoms with E-state index in [0.29, 0.717) is 43.8 Å². The van der Waals surface area contributed by atoms with E-state index in [9.17, 15) is 9.59 Å². The molecule has 2 amide bonds. The lowest BCUT2D eigenvalue weighted by Crippen LogP contribution is -2.55. The summed E-state index contributed by atoms with van der Waals surface area (Å²) >= 11 is 0. The fourth-order valence-corrected chi connectivity index (χ4v) is 4.12. The van der Waals surface area contributed by atoms with Crippen molar-refractivity contribution in [2.75, 3.05) is 39.9 Å². The van der Waals surface area contributed by atoms with Gasteiger partial charge in [-0.05, 0) is 57.9 Å². The number of fused-ring (bicyclic) bond motifs is 1. The maximum atomic E-state index is 12.6. The molecule has 176 valence electrons. The summed E-state index contributed by atoms with van der Waals surface area (Å²) in [4.78, 5) is 29.0. The molecule has 1 N–H and O–H groups in total. The van der Waals surface area contributed by atoms with Crippen molar-refractivity contribution >= 4 is 24.3 Å². The molecule has 0 radical (unpaired) electrons. The minimum atomic E-state index is -0.472. The number of hydrogen-bond donors (Lipinski definition) is 1. The molecular weight excluding hydrogens is 406 g/mol. The Morgan fingerprint density at radius 1 is 1.22 bits per heavy atom. The van der Waals surface area contributed by atoms with Crippen LogP contribution >= 0.6 is 0 Å². The van der Waals surface area contributed by atoms with Gasteiger partial charge in [0.1, 0.15) is 5.60 Å². The third kappa shape index (κ3) is 5.82. The van der Waals surface area contributed by atoms with Gasteiger partial charge in [0, 0.05) is 62.2 Å². The van der Waals surface area contributed by atoms with E-state index in [2.05, 4.69) is 29.4 Å². The molecule has 1 unspecified atom stereocenters. The molecule has 0 aliphatic carbocycles. The number of nitrogens with one attached hydrogen (secondary N) is 1. The van der Waals surface area contributed by atoms with E-state index in [0.717, 1.165) is 29.0 Å². The molecular formula is C25H37N3O4. The molecule has 1 aromatic rings. The molecule has 3 rings (SSSR count). The molecule has 0 bridgehead atoms. The first kappa shape index (κ1) is 24.1. The molecule has 1 saturated heterocycles. The van der Waals surface area contributed by atoms with E-state index in [-0.39, 0.29) is 12.0 Å². The fourth-order valence-electron chi connectivity index (χ4n) is 4.12. The van der Waals surface area contributed by atoms with Crippen molar-refractivity contribution in [3.63, 3.8) is 0 Å². The Morgan fingerprint density at radius 3 is 2.59 bits per heavy atom. The lowest BCUT2D eigenvalue weighted by Gasteiger charge is -2.42. The zero-order valence-corrected chi connectivity index (χ0v) is 20.2. The second-order valence-electron chi connectivity index (χ2n) is 9.86. The van der Waals surface area contributed by atoms with Crippen LogP contribution in [-0.4, -0.2) is 73.3 Å². The zero-order valence-electron chi connectivity index (χ0n) is 20.2. The van der Waals surface area contributed by atoms with Crippen LogP contribution in [0.5, 0.6) is 0 Å². The van der Waals surface area contributed by atoms with Crippen LogP contribution in [0.2, 0.25) is 0 Å². The number of carbonyl (C=O) groups excluding carboxylic acids is 2. The lowest BCUT2D eigenvalue weighted by atomic mass is 9.99. The first-order chi connectivity index (χ1) is 15.1. The Morgan fingerprint density at radius 2 is 1.94 bits per heavy atom. The van der Waals surface area contributed by atoms with Gasteiger partial charge in [-0.1, -0.05) is 12.1 Å². The van der Waals surface area contributed by atoms with E-state index in [4.69, 9.17) is 9.47 Å². The quantitative estimate of drug-likeness (QED) is 0.680. The largest absolute Gasteiger partial charge is 0.444 e. The molecule has 0 aromatic heterocycles. The van der Waals surface area contributed by atoms with Gasteiger partial charge in [-0.2, -0.15) is 0 Å². The van der Waals surface area contributed by atoms with E-state index >= 15 is 0 Å². The lowest BCUT2D eigenvalue weighted by molar-refractivity contribution is -0.00468. The predicted octanol–water partition coefficient (Wildman–Crippen LogP) is 1.85. The van der Waals surface area contributed by atoms with Crippen molar-refractivity contribution in [3.8, 4) is 0 Å². The highest BCUT2D eigenvalue weighted by atomic mass is 16.6. The number of rotatable bonds is 6. The van der Waals surface area contributed by atoms with Gasteiger partial charge in [0.05, 0.1) is 6.61 Å². The summed E-state index contributed by atoms with van der Waals surface area (Å²) in [6.07, 6.45) is 5.15. The summed E-state index contributed by atoms with van der Waals surface area (Å²) in [5.41, 5.74) is 1.20. The summed E-state index contributed by atoms with van der Waals surface area (Å²) in [7, 11) is 1.62. The predicted molar refractivity (Wildman–Crippen MR) is 126 cm³/mol. The Labute approximate surface area is 191 Å². The van der Waals surface area contributed by atoms with Gasteiger partial charge >= 0.3 is 6.09 Å². The number of carbonyl (C=O) groups is 2. The molecule has 0 spiro atoms. The highest BCUT2D eigenvalue weighted by Gasteiger charge is 2.35. The summed E-state index contributed by atoms with van der Waals surface area (Å²) in [6, 6.07) is 4.29. The topological polar surface area (TPSA) is 71.1 Å². The number of hydrogen-bond acceptors (Lipinski definition) is 5.